The standard InChI is InChI=1S/C15H22N2/c1-11(2)13-9-17(10-13)15-5-3-4-12-8-16-7-6-14(12)15/h3-5,11,13,16H,6-10H2,1-2H3. The van der Waals surface area contributed by atoms with E-state index < -0.39 is 0 Å². The van der Waals surface area contributed by atoms with Crippen LogP contribution in [-0.2, 0) is 13.0 Å². The summed E-state index contributed by atoms with van der Waals surface area (Å²) in [5, 5.41) is 3.45. The molecule has 0 spiro atoms. The second-order valence-corrected chi connectivity index (χ2v) is 5.75. The number of nitrogens with zero attached hydrogens (tertiary/aromatic N) is 1. The van der Waals surface area contributed by atoms with Gasteiger partial charge in [0.1, 0.15) is 0 Å². The van der Waals surface area contributed by atoms with E-state index in [1.165, 1.54) is 30.8 Å². The molecule has 2 heteroatoms. The van der Waals surface area contributed by atoms with Gasteiger partial charge in [-0.1, -0.05) is 26.0 Å². The van der Waals surface area contributed by atoms with Gasteiger partial charge in [0.2, 0.25) is 0 Å². The number of rotatable bonds is 2. The average molecular weight is 230 g/mol. The lowest BCUT2D eigenvalue weighted by atomic mass is 9.86. The molecule has 1 fully saturated rings. The van der Waals surface area contributed by atoms with Crippen LogP contribution in [0.25, 0.3) is 0 Å². The van der Waals surface area contributed by atoms with Crippen molar-refractivity contribution in [2.24, 2.45) is 11.8 Å². The van der Waals surface area contributed by atoms with Crippen molar-refractivity contribution >= 4 is 5.69 Å². The molecule has 3 rings (SSSR count). The highest BCUT2D eigenvalue weighted by Crippen LogP contribution is 2.33. The summed E-state index contributed by atoms with van der Waals surface area (Å²) < 4.78 is 0. The SMILES string of the molecule is CC(C)C1CN(c2cccc3c2CCNC3)C1. The van der Waals surface area contributed by atoms with E-state index in [9.17, 15) is 0 Å². The lowest BCUT2D eigenvalue weighted by molar-refractivity contribution is 0.309. The summed E-state index contributed by atoms with van der Waals surface area (Å²) in [6, 6.07) is 6.79. The topological polar surface area (TPSA) is 15.3 Å². The van der Waals surface area contributed by atoms with Crippen LogP contribution in [0.4, 0.5) is 5.69 Å². The third kappa shape index (κ3) is 1.95. The fourth-order valence-corrected chi connectivity index (χ4v) is 2.94. The maximum atomic E-state index is 3.45. The second kappa shape index (κ2) is 4.34. The van der Waals surface area contributed by atoms with E-state index in [1.54, 1.807) is 5.56 Å². The lowest BCUT2D eigenvalue weighted by Gasteiger charge is -2.44. The highest BCUT2D eigenvalue weighted by atomic mass is 15.2. The minimum Gasteiger partial charge on any atom is -0.371 e. The van der Waals surface area contributed by atoms with Crippen LogP contribution in [0.3, 0.4) is 0 Å². The fourth-order valence-electron chi connectivity index (χ4n) is 2.94. The quantitative estimate of drug-likeness (QED) is 0.839. The van der Waals surface area contributed by atoms with Crippen molar-refractivity contribution in [2.75, 3.05) is 24.5 Å². The van der Waals surface area contributed by atoms with Gasteiger partial charge in [0, 0.05) is 25.3 Å². The molecule has 0 amide bonds. The first-order valence-corrected chi connectivity index (χ1v) is 6.82. The molecule has 2 heterocycles. The normalized spacial score (nSPS) is 20.3. The molecular formula is C15H22N2. The van der Waals surface area contributed by atoms with Gasteiger partial charge in [0.25, 0.3) is 0 Å². The summed E-state index contributed by atoms with van der Waals surface area (Å²) in [4.78, 5) is 2.56. The first-order chi connectivity index (χ1) is 8.25. The second-order valence-electron chi connectivity index (χ2n) is 5.75. The Morgan fingerprint density at radius 2 is 2.12 bits per heavy atom. The Morgan fingerprint density at radius 1 is 1.29 bits per heavy atom. The van der Waals surface area contributed by atoms with Crippen molar-refractivity contribution in [3.05, 3.63) is 29.3 Å². The van der Waals surface area contributed by atoms with Gasteiger partial charge in [-0.15, -0.1) is 0 Å². The number of hydrogen-bond acceptors (Lipinski definition) is 2. The molecule has 2 nitrogen and oxygen atoms in total. The van der Waals surface area contributed by atoms with Crippen LogP contribution in [-0.4, -0.2) is 19.6 Å². The molecule has 1 aromatic carbocycles. The summed E-state index contributed by atoms with van der Waals surface area (Å²) in [6.45, 7) is 9.36. The molecule has 2 aliphatic rings. The van der Waals surface area contributed by atoms with Crippen LogP contribution < -0.4 is 10.2 Å². The smallest absolute Gasteiger partial charge is 0.0402 e. The average Bonchev–Trinajstić information content (AvgIpc) is 2.27. The molecule has 0 unspecified atom stereocenters. The monoisotopic (exact) mass is 230 g/mol. The van der Waals surface area contributed by atoms with E-state index in [0.717, 1.165) is 24.9 Å². The zero-order valence-corrected chi connectivity index (χ0v) is 10.9. The Kier molecular flexibility index (Phi) is 2.83. The van der Waals surface area contributed by atoms with Crippen LogP contribution in [0.1, 0.15) is 25.0 Å². The number of hydrogen-bond donors (Lipinski definition) is 1. The third-order valence-corrected chi connectivity index (χ3v) is 4.31. The first-order valence-electron chi connectivity index (χ1n) is 6.82. The summed E-state index contributed by atoms with van der Waals surface area (Å²) in [7, 11) is 0. The zero-order chi connectivity index (χ0) is 11.8. The molecule has 2 aliphatic heterocycles. The Balaban J connectivity index is 1.80. The molecule has 0 bridgehead atoms. The first kappa shape index (κ1) is 11.1. The van der Waals surface area contributed by atoms with Gasteiger partial charge in [-0.25, -0.2) is 0 Å². The molecule has 17 heavy (non-hydrogen) atoms. The van der Waals surface area contributed by atoms with Gasteiger partial charge >= 0.3 is 0 Å². The molecule has 1 aromatic rings. The molecule has 92 valence electrons. The highest BCUT2D eigenvalue weighted by Gasteiger charge is 2.30. The highest BCUT2D eigenvalue weighted by molar-refractivity contribution is 5.59. The minimum atomic E-state index is 0.826. The van der Waals surface area contributed by atoms with E-state index in [1.807, 2.05) is 0 Å². The molecule has 0 aliphatic carbocycles. The zero-order valence-electron chi connectivity index (χ0n) is 10.9. The van der Waals surface area contributed by atoms with Gasteiger partial charge < -0.3 is 10.2 Å². The van der Waals surface area contributed by atoms with Crippen LogP contribution in [0, 0.1) is 11.8 Å². The van der Waals surface area contributed by atoms with Crippen molar-refractivity contribution in [3.8, 4) is 0 Å². The largest absolute Gasteiger partial charge is 0.371 e. The Labute approximate surface area is 104 Å². The predicted octanol–water partition coefficient (Wildman–Crippen LogP) is 2.42. The van der Waals surface area contributed by atoms with Crippen LogP contribution in [0.5, 0.6) is 0 Å². The summed E-state index contributed by atoms with van der Waals surface area (Å²) in [5.41, 5.74) is 4.59. The van der Waals surface area contributed by atoms with Crippen molar-refractivity contribution in [1.82, 2.24) is 5.32 Å². The molecule has 1 N–H and O–H groups in total. The third-order valence-electron chi connectivity index (χ3n) is 4.31. The molecule has 0 saturated carbocycles. The van der Waals surface area contributed by atoms with E-state index in [4.69, 9.17) is 0 Å². The Hall–Kier alpha value is -1.02. The maximum absolute atomic E-state index is 3.45. The number of benzene rings is 1. The van der Waals surface area contributed by atoms with E-state index >= 15 is 0 Å². The van der Waals surface area contributed by atoms with Gasteiger partial charge in [0.05, 0.1) is 0 Å². The van der Waals surface area contributed by atoms with Crippen molar-refractivity contribution < 1.29 is 0 Å². The molecule has 0 atom stereocenters. The molecule has 0 radical (unpaired) electrons. The predicted molar refractivity (Wildman–Crippen MR) is 72.4 cm³/mol. The van der Waals surface area contributed by atoms with Crippen LogP contribution in [0.15, 0.2) is 18.2 Å². The van der Waals surface area contributed by atoms with Gasteiger partial charge in [-0.2, -0.15) is 0 Å². The molecular weight excluding hydrogens is 208 g/mol. The Morgan fingerprint density at radius 3 is 2.88 bits per heavy atom. The minimum absolute atomic E-state index is 0.826. The number of anilines is 1. The fraction of sp³-hybridized carbons (Fsp3) is 0.600. The van der Waals surface area contributed by atoms with Crippen LogP contribution in [0.2, 0.25) is 0 Å². The summed E-state index contributed by atoms with van der Waals surface area (Å²) in [6.07, 6.45) is 1.19. The molecule has 1 saturated heterocycles. The van der Waals surface area contributed by atoms with Crippen molar-refractivity contribution in [2.45, 2.75) is 26.8 Å². The van der Waals surface area contributed by atoms with Gasteiger partial charge in [-0.05, 0) is 42.0 Å². The van der Waals surface area contributed by atoms with E-state index in [0.29, 0.717) is 0 Å². The van der Waals surface area contributed by atoms with Crippen LogP contribution >= 0.6 is 0 Å². The summed E-state index contributed by atoms with van der Waals surface area (Å²) in [5.74, 6) is 1.72. The van der Waals surface area contributed by atoms with Crippen molar-refractivity contribution in [3.63, 3.8) is 0 Å². The number of nitrogens with one attached hydrogen (secondary N) is 1. The van der Waals surface area contributed by atoms with Gasteiger partial charge in [0.15, 0.2) is 0 Å². The van der Waals surface area contributed by atoms with Crippen molar-refractivity contribution in [1.29, 1.82) is 0 Å². The number of fused-ring (bicyclic) bond motifs is 1. The van der Waals surface area contributed by atoms with E-state index in [2.05, 4.69) is 42.3 Å². The maximum Gasteiger partial charge on any atom is 0.0402 e. The Bertz CT molecular complexity index is 405. The summed E-state index contributed by atoms with van der Waals surface area (Å²) >= 11 is 0. The lowest BCUT2D eigenvalue weighted by Crippen LogP contribution is -2.49. The van der Waals surface area contributed by atoms with Gasteiger partial charge in [-0.3, -0.25) is 0 Å². The molecule has 0 aromatic heterocycles. The van der Waals surface area contributed by atoms with E-state index in [-0.39, 0.29) is 0 Å².